The molecule has 0 spiro atoms. The number of amides is 4. The van der Waals surface area contributed by atoms with Gasteiger partial charge in [-0.2, -0.15) is 31.5 Å². The summed E-state index contributed by atoms with van der Waals surface area (Å²) in [5.74, 6) is -1.50. The molecule has 2 aromatic carbocycles. The standard InChI is InChI=1S/C15H19FN6O5S.C15H18FN5O3.ClH2NO2S/c1-10(23)18-7-12-8-21(15(24)27-12)11-2-3-14(13(16)6-11)20-4-5-22(19-9-20)28(17,25)26;1-10(22)17-7-12-8-21(15(23)24-12)11-2-3-14(13(16)6-11)20-5-4-18-19-9-20;1-5(2,3)4/h2-3,6,9,12H,4-5,7-8H2,1H3,(H,18,23)(H2,17,25,26);2-3,6,9,12,18H,4-5,7-8H2,1H3,(H,17,22);(H2,2,3,4)/t2*12-;/m00./s1. The molecule has 0 aliphatic carbocycles. The molecule has 2 atom stereocenters. The summed E-state index contributed by atoms with van der Waals surface area (Å²) < 4.78 is 80.9. The Kier molecular flexibility index (Phi) is 14.8. The van der Waals surface area contributed by atoms with E-state index in [1.807, 2.05) is 0 Å². The number of cyclic esters (lactones) is 2. The Morgan fingerprint density at radius 1 is 0.825 bits per heavy atom. The van der Waals surface area contributed by atoms with Gasteiger partial charge < -0.3 is 35.3 Å². The van der Waals surface area contributed by atoms with Crippen molar-refractivity contribution in [1.82, 2.24) is 20.5 Å². The number of rotatable bonds is 9. The van der Waals surface area contributed by atoms with Crippen molar-refractivity contribution in [1.29, 1.82) is 0 Å². The van der Waals surface area contributed by atoms with E-state index in [0.717, 1.165) is 0 Å². The number of halogens is 3. The molecule has 0 radical (unpaired) electrons. The quantitative estimate of drug-likeness (QED) is 0.201. The third-order valence-corrected chi connectivity index (χ3v) is 8.77. The van der Waals surface area contributed by atoms with Crippen LogP contribution in [0.4, 0.5) is 41.1 Å². The summed E-state index contributed by atoms with van der Waals surface area (Å²) in [5.41, 5.74) is 4.08. The Morgan fingerprint density at radius 3 is 1.63 bits per heavy atom. The van der Waals surface area contributed by atoms with Crippen LogP contribution in [-0.2, 0) is 38.5 Å². The molecule has 4 heterocycles. The molecule has 4 amide bonds. The lowest BCUT2D eigenvalue weighted by molar-refractivity contribution is -0.120. The Labute approximate surface area is 330 Å². The first-order chi connectivity index (χ1) is 26.7. The Bertz CT molecular complexity index is 2110. The van der Waals surface area contributed by atoms with E-state index < -0.39 is 55.5 Å². The van der Waals surface area contributed by atoms with Gasteiger partial charge in [0, 0.05) is 37.6 Å². The summed E-state index contributed by atoms with van der Waals surface area (Å²) in [6, 6.07) is 8.75. The van der Waals surface area contributed by atoms with Crippen LogP contribution in [0.15, 0.2) is 46.6 Å². The van der Waals surface area contributed by atoms with Crippen LogP contribution in [0.5, 0.6) is 0 Å². The number of anilines is 4. The fraction of sp³-hybridized carbons (Fsp3) is 0.400. The van der Waals surface area contributed by atoms with Gasteiger partial charge in [0.15, 0.2) is 0 Å². The van der Waals surface area contributed by atoms with Crippen LogP contribution in [-0.4, -0.2) is 122 Å². The molecular weight excluding hydrogens is 826 g/mol. The van der Waals surface area contributed by atoms with E-state index >= 15 is 0 Å². The van der Waals surface area contributed by atoms with Crippen LogP contribution in [0.1, 0.15) is 13.8 Å². The largest absolute Gasteiger partial charge is 0.442 e. The molecule has 0 unspecified atom stereocenters. The highest BCUT2D eigenvalue weighted by atomic mass is 35.7. The third kappa shape index (κ3) is 13.3. The van der Waals surface area contributed by atoms with Crippen LogP contribution >= 0.6 is 10.7 Å². The topological polar surface area (TPSA) is 284 Å². The fourth-order valence-corrected chi connectivity index (χ4v) is 5.89. The minimum atomic E-state index is -3.95. The minimum Gasteiger partial charge on any atom is -0.442 e. The fourth-order valence-electron chi connectivity index (χ4n) is 5.38. The summed E-state index contributed by atoms with van der Waals surface area (Å²) in [6.07, 6.45) is 0.517. The highest BCUT2D eigenvalue weighted by molar-refractivity contribution is 8.11. The number of hydrogen-bond acceptors (Lipinski definition) is 15. The van der Waals surface area contributed by atoms with E-state index in [-0.39, 0.29) is 56.8 Å². The predicted octanol–water partition coefficient (Wildman–Crippen LogP) is -0.376. The minimum absolute atomic E-state index is 0.0280. The van der Waals surface area contributed by atoms with Crippen molar-refractivity contribution in [3.05, 3.63) is 48.0 Å². The van der Waals surface area contributed by atoms with Crippen LogP contribution in [0, 0.1) is 11.6 Å². The number of benzene rings is 2. The predicted molar refractivity (Wildman–Crippen MR) is 204 cm³/mol. The van der Waals surface area contributed by atoms with Crippen molar-refractivity contribution < 1.29 is 54.3 Å². The molecule has 22 nitrogen and oxygen atoms in total. The maximum atomic E-state index is 14.6. The normalized spacial score (nSPS) is 19.1. The van der Waals surface area contributed by atoms with Gasteiger partial charge in [0.2, 0.25) is 11.8 Å². The Morgan fingerprint density at radius 2 is 1.28 bits per heavy atom. The smallest absolute Gasteiger partial charge is 0.414 e. The highest BCUT2D eigenvalue weighted by Crippen LogP contribution is 2.29. The van der Waals surface area contributed by atoms with Crippen molar-refractivity contribution in [2.75, 3.05) is 72.0 Å². The summed E-state index contributed by atoms with van der Waals surface area (Å²) in [6.45, 7) is 4.93. The lowest BCUT2D eigenvalue weighted by atomic mass is 10.2. The first-order valence-corrected chi connectivity index (χ1v) is 20.5. The molecule has 4 aliphatic heterocycles. The SMILES string of the molecule is CC(=O)NC[C@H]1CN(c2ccc(N3C=NN(S(N)(=O)=O)CC3)c(F)c2)C(=O)O1.CC(=O)NC[C@H]1CN(c2ccc(N3C=NNCC3)c(F)c2)C(=O)O1.NS(=O)(=O)Cl. The van der Waals surface area contributed by atoms with Crippen LogP contribution in [0.3, 0.4) is 0 Å². The zero-order chi connectivity index (χ0) is 42.1. The molecule has 2 saturated heterocycles. The molecule has 6 rings (SSSR count). The van der Waals surface area contributed by atoms with Gasteiger partial charge in [0.25, 0.3) is 9.24 Å². The van der Waals surface area contributed by atoms with Gasteiger partial charge in [-0.1, -0.05) is 0 Å². The molecule has 2 fully saturated rings. The molecule has 57 heavy (non-hydrogen) atoms. The number of nitrogens with zero attached hydrogens (tertiary/aromatic N) is 7. The summed E-state index contributed by atoms with van der Waals surface area (Å²) in [4.78, 5) is 51.6. The average Bonchev–Trinajstić information content (AvgIpc) is 3.70. The van der Waals surface area contributed by atoms with Gasteiger partial charge in [-0.15, -0.1) is 0 Å². The van der Waals surface area contributed by atoms with Gasteiger partial charge in [-0.25, -0.2) is 28.6 Å². The van der Waals surface area contributed by atoms with Gasteiger partial charge in [-0.3, -0.25) is 19.4 Å². The summed E-state index contributed by atoms with van der Waals surface area (Å²) >= 11 is 0. The van der Waals surface area contributed by atoms with E-state index in [1.165, 1.54) is 59.4 Å². The van der Waals surface area contributed by atoms with E-state index in [2.05, 4.69) is 42.1 Å². The first kappa shape index (κ1) is 44.1. The number of nitrogens with two attached hydrogens (primary N) is 2. The average molecular weight is 865 g/mol. The maximum Gasteiger partial charge on any atom is 0.414 e. The molecule has 0 aromatic heterocycles. The van der Waals surface area contributed by atoms with Gasteiger partial charge in [0.05, 0.1) is 62.0 Å². The van der Waals surface area contributed by atoms with Crippen molar-refractivity contribution >= 4 is 89.6 Å². The summed E-state index contributed by atoms with van der Waals surface area (Å²) in [7, 11) is -3.36. The Hall–Kier alpha value is -5.57. The summed E-state index contributed by atoms with van der Waals surface area (Å²) in [5, 5.41) is 21.8. The first-order valence-electron chi connectivity index (χ1n) is 16.6. The number of hydrazone groups is 2. The molecule has 312 valence electrons. The maximum absolute atomic E-state index is 14.6. The van der Waals surface area contributed by atoms with Crippen LogP contribution in [0.2, 0.25) is 0 Å². The van der Waals surface area contributed by atoms with Crippen molar-refractivity contribution in [2.45, 2.75) is 26.1 Å². The molecule has 7 N–H and O–H groups in total. The second kappa shape index (κ2) is 19.0. The number of ether oxygens (including phenoxy) is 2. The lowest BCUT2D eigenvalue weighted by Crippen LogP contribution is -2.43. The molecule has 0 saturated carbocycles. The number of carbonyl (C=O) groups excluding carboxylic acids is 4. The molecule has 4 aliphatic rings. The molecule has 27 heteroatoms. The van der Waals surface area contributed by atoms with Crippen molar-refractivity contribution in [3.8, 4) is 0 Å². The van der Waals surface area contributed by atoms with Crippen LogP contribution < -0.4 is 45.9 Å². The second-order valence-corrected chi connectivity index (χ2v) is 15.9. The number of carbonyl (C=O) groups is 4. The molecular formula is C30H39ClF2N12O10S2. The van der Waals surface area contributed by atoms with E-state index in [9.17, 15) is 44.8 Å². The van der Waals surface area contributed by atoms with E-state index in [4.69, 9.17) is 14.6 Å². The van der Waals surface area contributed by atoms with Gasteiger partial charge in [0.1, 0.15) is 36.5 Å². The highest BCUT2D eigenvalue weighted by Gasteiger charge is 2.34. The lowest BCUT2D eigenvalue weighted by Gasteiger charge is -2.28. The number of nitrogens with one attached hydrogen (secondary N) is 3. The zero-order valence-corrected chi connectivity index (χ0v) is 32.6. The van der Waals surface area contributed by atoms with Gasteiger partial charge >= 0.3 is 22.4 Å². The van der Waals surface area contributed by atoms with Crippen molar-refractivity contribution in [2.24, 2.45) is 20.5 Å². The second-order valence-electron chi connectivity index (χ2n) is 12.2. The van der Waals surface area contributed by atoms with Crippen molar-refractivity contribution in [3.63, 3.8) is 0 Å². The number of hydrogen-bond donors (Lipinski definition) is 5. The third-order valence-electron chi connectivity index (χ3n) is 7.91. The molecule has 0 bridgehead atoms. The molecule has 2 aromatic rings. The zero-order valence-electron chi connectivity index (χ0n) is 30.2. The van der Waals surface area contributed by atoms with E-state index in [0.29, 0.717) is 34.6 Å². The Balaban J connectivity index is 0.000000228. The van der Waals surface area contributed by atoms with E-state index in [1.54, 1.807) is 23.1 Å². The van der Waals surface area contributed by atoms with Gasteiger partial charge in [-0.05, 0) is 36.4 Å². The van der Waals surface area contributed by atoms with Crippen LogP contribution in [0.25, 0.3) is 0 Å². The monoisotopic (exact) mass is 864 g/mol.